The van der Waals surface area contributed by atoms with Gasteiger partial charge in [-0.1, -0.05) is 30.3 Å². The zero-order valence-corrected chi connectivity index (χ0v) is 8.59. The summed E-state index contributed by atoms with van der Waals surface area (Å²) in [6, 6.07) is 9.34. The molecular weight excluding hydrogens is 206 g/mol. The van der Waals surface area contributed by atoms with Crippen LogP contribution in [0.2, 0.25) is 0 Å². The minimum Gasteiger partial charge on any atom is -0.394 e. The van der Waals surface area contributed by atoms with Crippen LogP contribution < -0.4 is 11.1 Å². The molecule has 0 aliphatic carbocycles. The fraction of sp³-hybridized carbons (Fsp3) is 0.200. The van der Waals surface area contributed by atoms with E-state index in [1.165, 1.54) is 0 Å². The number of hydrogen-bond acceptors (Lipinski definition) is 5. The van der Waals surface area contributed by atoms with Gasteiger partial charge in [0.15, 0.2) is 0 Å². The summed E-state index contributed by atoms with van der Waals surface area (Å²) in [5.74, 6) is 0.618. The van der Waals surface area contributed by atoms with Gasteiger partial charge in [-0.15, -0.1) is 5.10 Å². The van der Waals surface area contributed by atoms with Crippen molar-refractivity contribution in [2.24, 2.45) is 0 Å². The molecule has 0 radical (unpaired) electrons. The number of benzene rings is 1. The number of hydrogen-bond donors (Lipinski definition) is 4. The lowest BCUT2D eigenvalue weighted by atomic mass is 10.1. The highest BCUT2D eigenvalue weighted by molar-refractivity contribution is 5.34. The number of nitrogens with zero attached hydrogens (tertiary/aromatic N) is 2. The summed E-state index contributed by atoms with van der Waals surface area (Å²) in [5.41, 5.74) is 6.37. The minimum absolute atomic E-state index is 0.0432. The van der Waals surface area contributed by atoms with Gasteiger partial charge in [0, 0.05) is 0 Å². The molecule has 5 N–H and O–H groups in total. The Kier molecular flexibility index (Phi) is 3.02. The molecule has 0 spiro atoms. The van der Waals surface area contributed by atoms with Crippen LogP contribution in [0, 0.1) is 0 Å². The van der Waals surface area contributed by atoms with E-state index in [1.54, 1.807) is 0 Å². The number of H-pyrrole nitrogens is 1. The summed E-state index contributed by atoms with van der Waals surface area (Å²) < 4.78 is 0. The van der Waals surface area contributed by atoms with E-state index in [1.807, 2.05) is 30.3 Å². The van der Waals surface area contributed by atoms with Gasteiger partial charge in [0.05, 0.1) is 12.6 Å². The van der Waals surface area contributed by atoms with Gasteiger partial charge in [-0.25, -0.2) is 5.10 Å². The Morgan fingerprint density at radius 3 is 2.69 bits per heavy atom. The molecule has 0 bridgehead atoms. The Hall–Kier alpha value is -2.08. The maximum atomic E-state index is 9.29. The highest BCUT2D eigenvalue weighted by Gasteiger charge is 2.11. The molecule has 0 saturated carbocycles. The van der Waals surface area contributed by atoms with Crippen molar-refractivity contribution in [3.63, 3.8) is 0 Å². The summed E-state index contributed by atoms with van der Waals surface area (Å²) in [7, 11) is 0. The van der Waals surface area contributed by atoms with E-state index in [9.17, 15) is 5.11 Å². The number of aliphatic hydroxyl groups excluding tert-OH is 1. The predicted molar refractivity (Wildman–Crippen MR) is 60.7 cm³/mol. The van der Waals surface area contributed by atoms with Crippen LogP contribution in [0.1, 0.15) is 11.6 Å². The first kappa shape index (κ1) is 10.4. The van der Waals surface area contributed by atoms with E-state index in [0.29, 0.717) is 5.95 Å². The summed E-state index contributed by atoms with van der Waals surface area (Å²) in [4.78, 5) is 3.91. The third-order valence-corrected chi connectivity index (χ3v) is 2.19. The average molecular weight is 219 g/mol. The van der Waals surface area contributed by atoms with Gasteiger partial charge in [0.25, 0.3) is 0 Å². The molecular formula is C10H13N5O. The van der Waals surface area contributed by atoms with Crippen molar-refractivity contribution in [3.05, 3.63) is 35.9 Å². The van der Waals surface area contributed by atoms with Crippen LogP contribution in [0.5, 0.6) is 0 Å². The van der Waals surface area contributed by atoms with Crippen LogP contribution in [0.3, 0.4) is 0 Å². The summed E-state index contributed by atoms with van der Waals surface area (Å²) in [5, 5.41) is 18.6. The van der Waals surface area contributed by atoms with E-state index >= 15 is 0 Å². The van der Waals surface area contributed by atoms with Crippen molar-refractivity contribution in [2.75, 3.05) is 17.7 Å². The average Bonchev–Trinajstić information content (AvgIpc) is 2.73. The Morgan fingerprint density at radius 2 is 2.12 bits per heavy atom. The Morgan fingerprint density at radius 1 is 1.38 bits per heavy atom. The van der Waals surface area contributed by atoms with Crippen molar-refractivity contribution >= 4 is 11.9 Å². The SMILES string of the molecule is Nc1nc(NC(CO)c2ccccc2)n[nH]1. The molecule has 2 rings (SSSR count). The van der Waals surface area contributed by atoms with Gasteiger partial charge in [-0.2, -0.15) is 4.98 Å². The molecule has 1 atom stereocenters. The molecule has 84 valence electrons. The number of nitrogen functional groups attached to an aromatic ring is 1. The third kappa shape index (κ3) is 2.29. The summed E-state index contributed by atoms with van der Waals surface area (Å²) in [6.07, 6.45) is 0. The van der Waals surface area contributed by atoms with E-state index in [4.69, 9.17) is 5.73 Å². The number of nitrogens with one attached hydrogen (secondary N) is 2. The smallest absolute Gasteiger partial charge is 0.244 e. The highest BCUT2D eigenvalue weighted by Crippen LogP contribution is 2.16. The zero-order chi connectivity index (χ0) is 11.4. The van der Waals surface area contributed by atoms with Gasteiger partial charge in [0.1, 0.15) is 0 Å². The van der Waals surface area contributed by atoms with E-state index in [2.05, 4.69) is 20.5 Å². The van der Waals surface area contributed by atoms with Crippen LogP contribution in [0.15, 0.2) is 30.3 Å². The van der Waals surface area contributed by atoms with Crippen molar-refractivity contribution in [1.82, 2.24) is 15.2 Å². The van der Waals surface area contributed by atoms with Crippen molar-refractivity contribution in [3.8, 4) is 0 Å². The molecule has 6 heteroatoms. The molecule has 1 heterocycles. The first-order valence-corrected chi connectivity index (χ1v) is 4.90. The van der Waals surface area contributed by atoms with Gasteiger partial charge in [-0.3, -0.25) is 0 Å². The molecule has 0 saturated heterocycles. The van der Waals surface area contributed by atoms with E-state index < -0.39 is 0 Å². The zero-order valence-electron chi connectivity index (χ0n) is 8.59. The Labute approximate surface area is 92.5 Å². The van der Waals surface area contributed by atoms with Gasteiger partial charge >= 0.3 is 0 Å². The molecule has 0 aliphatic rings. The molecule has 0 aliphatic heterocycles. The molecule has 0 amide bonds. The fourth-order valence-corrected chi connectivity index (χ4v) is 1.41. The minimum atomic E-state index is -0.239. The number of aromatic nitrogens is 3. The molecule has 1 aromatic heterocycles. The number of aliphatic hydroxyl groups is 1. The normalized spacial score (nSPS) is 12.3. The van der Waals surface area contributed by atoms with Crippen LogP contribution >= 0.6 is 0 Å². The van der Waals surface area contributed by atoms with Gasteiger partial charge < -0.3 is 16.2 Å². The van der Waals surface area contributed by atoms with Crippen LogP contribution in [0.25, 0.3) is 0 Å². The topological polar surface area (TPSA) is 99.8 Å². The van der Waals surface area contributed by atoms with Crippen molar-refractivity contribution < 1.29 is 5.11 Å². The summed E-state index contributed by atoms with van der Waals surface area (Å²) in [6.45, 7) is -0.0432. The largest absolute Gasteiger partial charge is 0.394 e. The lowest BCUT2D eigenvalue weighted by molar-refractivity contribution is 0.276. The van der Waals surface area contributed by atoms with Gasteiger partial charge in [0.2, 0.25) is 11.9 Å². The quantitative estimate of drug-likeness (QED) is 0.601. The number of nitrogens with two attached hydrogens (primary N) is 1. The van der Waals surface area contributed by atoms with E-state index in [0.717, 1.165) is 5.56 Å². The maximum Gasteiger partial charge on any atom is 0.244 e. The number of anilines is 2. The van der Waals surface area contributed by atoms with Gasteiger partial charge in [-0.05, 0) is 5.56 Å². The second-order valence-corrected chi connectivity index (χ2v) is 3.33. The molecule has 1 aromatic carbocycles. The maximum absolute atomic E-state index is 9.29. The molecule has 6 nitrogen and oxygen atoms in total. The second-order valence-electron chi connectivity index (χ2n) is 3.33. The fourth-order valence-electron chi connectivity index (χ4n) is 1.41. The first-order valence-electron chi connectivity index (χ1n) is 4.90. The van der Waals surface area contributed by atoms with Crippen LogP contribution in [0.4, 0.5) is 11.9 Å². The van der Waals surface area contributed by atoms with Crippen LogP contribution in [-0.2, 0) is 0 Å². The predicted octanol–water partition coefficient (Wildman–Crippen LogP) is 0.532. The highest BCUT2D eigenvalue weighted by atomic mass is 16.3. The number of aromatic amines is 1. The van der Waals surface area contributed by atoms with Crippen molar-refractivity contribution in [2.45, 2.75) is 6.04 Å². The lowest BCUT2D eigenvalue weighted by Crippen LogP contribution is -2.15. The Bertz CT molecular complexity index is 441. The molecule has 0 fully saturated rings. The molecule has 1 unspecified atom stereocenters. The monoisotopic (exact) mass is 219 g/mol. The van der Waals surface area contributed by atoms with Crippen molar-refractivity contribution in [1.29, 1.82) is 0 Å². The third-order valence-electron chi connectivity index (χ3n) is 2.19. The molecule has 16 heavy (non-hydrogen) atoms. The first-order chi connectivity index (χ1) is 7.79. The number of rotatable bonds is 4. The Balaban J connectivity index is 2.12. The van der Waals surface area contributed by atoms with Crippen LogP contribution in [-0.4, -0.2) is 26.9 Å². The lowest BCUT2D eigenvalue weighted by Gasteiger charge is -2.14. The summed E-state index contributed by atoms with van der Waals surface area (Å²) >= 11 is 0. The standard InChI is InChI=1S/C10H13N5O/c11-9-13-10(15-14-9)12-8(6-16)7-4-2-1-3-5-7/h1-5,8,16H,6H2,(H4,11,12,13,14,15). The second kappa shape index (κ2) is 4.63. The van der Waals surface area contributed by atoms with E-state index in [-0.39, 0.29) is 18.6 Å². The molecule has 2 aromatic rings.